The van der Waals surface area contributed by atoms with Gasteiger partial charge in [0.15, 0.2) is 4.34 Å². The molecule has 0 fully saturated rings. The Balaban J connectivity index is 1.53. The second kappa shape index (κ2) is 9.30. The number of carbonyl (C=O) groups is 1. The molecule has 0 amide bonds. The van der Waals surface area contributed by atoms with Crippen LogP contribution in [0.2, 0.25) is 10.0 Å². The Morgan fingerprint density at radius 3 is 2.59 bits per heavy atom. The largest absolute Gasteiger partial charge is 0.480 e. The Hall–Kier alpha value is -1.87. The highest BCUT2D eigenvalue weighted by molar-refractivity contribution is 8.02. The standard InChI is InChI=1S/C19H18Cl2N4O2S2/c1-19(2,16(26)27)29-18-25-13(10-28-18)5-6-22-17-23-8-12(9-24-17)11-3-4-14(20)15(21)7-11/h3-4,7-10H,5-6H2,1-2H3,(H,26,27)(H,22,23,24). The number of rotatable bonds is 8. The van der Waals surface area contributed by atoms with Crippen molar-refractivity contribution in [2.45, 2.75) is 29.4 Å². The first kappa shape index (κ1) is 21.8. The Bertz CT molecular complexity index is 1010. The summed E-state index contributed by atoms with van der Waals surface area (Å²) in [6.45, 7) is 3.95. The number of thioether (sulfide) groups is 1. The van der Waals surface area contributed by atoms with Gasteiger partial charge in [-0.3, -0.25) is 4.79 Å². The minimum absolute atomic E-state index is 0.485. The van der Waals surface area contributed by atoms with Gasteiger partial charge in [-0.1, -0.05) is 41.0 Å². The monoisotopic (exact) mass is 468 g/mol. The lowest BCUT2D eigenvalue weighted by atomic mass is 10.1. The van der Waals surface area contributed by atoms with Crippen LogP contribution in [-0.4, -0.2) is 37.3 Å². The lowest BCUT2D eigenvalue weighted by molar-refractivity contribution is -0.138. The van der Waals surface area contributed by atoms with Crippen molar-refractivity contribution in [3.63, 3.8) is 0 Å². The third kappa shape index (κ3) is 5.82. The SMILES string of the molecule is CC(C)(Sc1nc(CCNc2ncc(-c3ccc(Cl)c(Cl)c3)cn2)cs1)C(=O)O. The van der Waals surface area contributed by atoms with Crippen LogP contribution in [0.1, 0.15) is 19.5 Å². The van der Waals surface area contributed by atoms with Gasteiger partial charge in [-0.25, -0.2) is 15.0 Å². The van der Waals surface area contributed by atoms with Crippen LogP contribution < -0.4 is 5.32 Å². The number of hydrogen-bond acceptors (Lipinski definition) is 7. The van der Waals surface area contributed by atoms with Crippen LogP contribution in [0.15, 0.2) is 40.3 Å². The molecule has 152 valence electrons. The summed E-state index contributed by atoms with van der Waals surface area (Å²) in [6.07, 6.45) is 4.13. The zero-order valence-electron chi connectivity index (χ0n) is 15.6. The van der Waals surface area contributed by atoms with Crippen LogP contribution in [0.4, 0.5) is 5.95 Å². The second-order valence-corrected chi connectivity index (χ2v) is 10.2. The van der Waals surface area contributed by atoms with Gasteiger partial charge in [0.2, 0.25) is 5.95 Å². The van der Waals surface area contributed by atoms with E-state index in [1.807, 2.05) is 11.4 Å². The molecule has 2 heterocycles. The van der Waals surface area contributed by atoms with E-state index in [1.54, 1.807) is 38.4 Å². The third-order valence-corrected chi connectivity index (χ3v) is 6.87. The quantitative estimate of drug-likeness (QED) is 0.420. The molecule has 0 aliphatic heterocycles. The topological polar surface area (TPSA) is 88.0 Å². The molecule has 2 N–H and O–H groups in total. The number of aromatic nitrogens is 3. The van der Waals surface area contributed by atoms with E-state index in [-0.39, 0.29) is 0 Å². The van der Waals surface area contributed by atoms with Gasteiger partial charge in [0, 0.05) is 36.3 Å². The van der Waals surface area contributed by atoms with Crippen molar-refractivity contribution in [3.8, 4) is 11.1 Å². The lowest BCUT2D eigenvalue weighted by Gasteiger charge is -2.15. The summed E-state index contributed by atoms with van der Waals surface area (Å²) < 4.78 is -0.160. The Labute approximate surface area is 186 Å². The lowest BCUT2D eigenvalue weighted by Crippen LogP contribution is -2.26. The zero-order valence-corrected chi connectivity index (χ0v) is 18.8. The van der Waals surface area contributed by atoms with Gasteiger partial charge in [-0.05, 0) is 31.5 Å². The average Bonchev–Trinajstić information content (AvgIpc) is 3.11. The van der Waals surface area contributed by atoms with Gasteiger partial charge >= 0.3 is 5.97 Å². The highest BCUT2D eigenvalue weighted by Gasteiger charge is 2.29. The predicted octanol–water partition coefficient (Wildman–Crippen LogP) is 5.52. The van der Waals surface area contributed by atoms with Gasteiger partial charge in [-0.2, -0.15) is 0 Å². The fraction of sp³-hybridized carbons (Fsp3) is 0.263. The minimum Gasteiger partial charge on any atom is -0.480 e. The fourth-order valence-corrected chi connectivity index (χ4v) is 4.78. The van der Waals surface area contributed by atoms with E-state index in [4.69, 9.17) is 23.2 Å². The molecule has 0 spiro atoms. The van der Waals surface area contributed by atoms with E-state index < -0.39 is 10.7 Å². The van der Waals surface area contributed by atoms with E-state index in [2.05, 4.69) is 20.3 Å². The molecule has 0 aliphatic carbocycles. The first-order chi connectivity index (χ1) is 13.7. The number of benzene rings is 1. The molecule has 0 bridgehead atoms. The summed E-state index contributed by atoms with van der Waals surface area (Å²) in [6, 6.07) is 5.38. The number of nitrogens with zero attached hydrogens (tertiary/aromatic N) is 3. The normalized spacial score (nSPS) is 11.4. The van der Waals surface area contributed by atoms with Gasteiger partial charge in [0.05, 0.1) is 15.7 Å². The fourth-order valence-electron chi connectivity index (χ4n) is 2.26. The Morgan fingerprint density at radius 1 is 1.21 bits per heavy atom. The molecule has 0 aliphatic rings. The van der Waals surface area contributed by atoms with Crippen LogP contribution in [-0.2, 0) is 11.2 Å². The van der Waals surface area contributed by atoms with Crippen LogP contribution in [0.25, 0.3) is 11.1 Å². The molecule has 1 aromatic carbocycles. The van der Waals surface area contributed by atoms with Crippen molar-refractivity contribution >= 4 is 58.2 Å². The summed E-state index contributed by atoms with van der Waals surface area (Å²) in [5.41, 5.74) is 2.64. The van der Waals surface area contributed by atoms with E-state index in [0.29, 0.717) is 29.0 Å². The van der Waals surface area contributed by atoms with E-state index >= 15 is 0 Å². The molecule has 0 unspecified atom stereocenters. The zero-order chi connectivity index (χ0) is 21.0. The van der Waals surface area contributed by atoms with Crippen LogP contribution in [0, 0.1) is 0 Å². The maximum Gasteiger partial charge on any atom is 0.319 e. The van der Waals surface area contributed by atoms with Crippen molar-refractivity contribution < 1.29 is 9.90 Å². The summed E-state index contributed by atoms with van der Waals surface area (Å²) in [4.78, 5) is 24.4. The van der Waals surface area contributed by atoms with Gasteiger partial charge in [0.1, 0.15) is 4.75 Å². The Kier molecular flexibility index (Phi) is 7.00. The van der Waals surface area contributed by atoms with E-state index in [0.717, 1.165) is 21.2 Å². The second-order valence-electron chi connectivity index (χ2n) is 6.62. The smallest absolute Gasteiger partial charge is 0.319 e. The van der Waals surface area contributed by atoms with Crippen molar-refractivity contribution in [2.24, 2.45) is 0 Å². The average molecular weight is 469 g/mol. The van der Waals surface area contributed by atoms with Crippen molar-refractivity contribution in [1.29, 1.82) is 0 Å². The summed E-state index contributed by atoms with van der Waals surface area (Å²) in [7, 11) is 0. The number of thiazole rings is 1. The number of carboxylic acid groups (broad SMARTS) is 1. The molecule has 0 saturated carbocycles. The van der Waals surface area contributed by atoms with Gasteiger partial charge in [0.25, 0.3) is 0 Å². The number of carboxylic acids is 1. The highest BCUT2D eigenvalue weighted by atomic mass is 35.5. The molecular weight excluding hydrogens is 451 g/mol. The number of aliphatic carboxylic acids is 1. The third-order valence-electron chi connectivity index (χ3n) is 3.96. The predicted molar refractivity (Wildman–Crippen MR) is 119 cm³/mol. The van der Waals surface area contributed by atoms with Crippen LogP contribution >= 0.6 is 46.3 Å². The Morgan fingerprint density at radius 2 is 1.93 bits per heavy atom. The molecule has 10 heteroatoms. The number of anilines is 1. The van der Waals surface area contributed by atoms with E-state index in [1.165, 1.54) is 23.1 Å². The summed E-state index contributed by atoms with van der Waals surface area (Å²) in [5.74, 6) is -0.340. The number of nitrogens with one attached hydrogen (secondary N) is 1. The number of hydrogen-bond donors (Lipinski definition) is 2. The molecule has 3 aromatic rings. The molecular formula is C19H18Cl2N4O2S2. The maximum atomic E-state index is 11.2. The molecule has 0 radical (unpaired) electrons. The van der Waals surface area contributed by atoms with E-state index in [9.17, 15) is 9.90 Å². The maximum absolute atomic E-state index is 11.2. The summed E-state index contributed by atoms with van der Waals surface area (Å²) in [5, 5.41) is 15.3. The van der Waals surface area contributed by atoms with Crippen LogP contribution in [0.5, 0.6) is 0 Å². The van der Waals surface area contributed by atoms with Crippen molar-refractivity contribution in [1.82, 2.24) is 15.0 Å². The molecule has 0 atom stereocenters. The molecule has 3 rings (SSSR count). The molecule has 29 heavy (non-hydrogen) atoms. The van der Waals surface area contributed by atoms with Crippen molar-refractivity contribution in [2.75, 3.05) is 11.9 Å². The molecule has 0 saturated heterocycles. The first-order valence-electron chi connectivity index (χ1n) is 8.63. The number of halogens is 2. The van der Waals surface area contributed by atoms with Gasteiger partial charge in [-0.15, -0.1) is 11.3 Å². The van der Waals surface area contributed by atoms with Crippen molar-refractivity contribution in [3.05, 3.63) is 51.7 Å². The van der Waals surface area contributed by atoms with Crippen LogP contribution in [0.3, 0.4) is 0 Å². The first-order valence-corrected chi connectivity index (χ1v) is 11.1. The minimum atomic E-state index is -0.905. The highest BCUT2D eigenvalue weighted by Crippen LogP contribution is 2.34. The summed E-state index contributed by atoms with van der Waals surface area (Å²) >= 11 is 14.7. The molecule has 2 aromatic heterocycles. The molecule has 6 nitrogen and oxygen atoms in total. The van der Waals surface area contributed by atoms with Gasteiger partial charge < -0.3 is 10.4 Å².